The summed E-state index contributed by atoms with van der Waals surface area (Å²) in [5.74, 6) is 0.181. The molecule has 1 aliphatic rings. The number of carbonyl (C=O) groups excluding carboxylic acids is 1. The van der Waals surface area contributed by atoms with E-state index in [1.54, 1.807) is 13.1 Å². The second-order valence-electron chi connectivity index (χ2n) is 4.05. The highest BCUT2D eigenvalue weighted by Crippen LogP contribution is 2.37. The van der Waals surface area contributed by atoms with Gasteiger partial charge in [-0.1, -0.05) is 24.3 Å². The van der Waals surface area contributed by atoms with Crippen molar-refractivity contribution in [2.24, 2.45) is 0 Å². The fourth-order valence-electron chi connectivity index (χ4n) is 2.18. The molecular formula is C13H11NO3. The molecule has 0 bridgehead atoms. The topological polar surface area (TPSA) is 49.8 Å². The number of anilines is 1. The van der Waals surface area contributed by atoms with Gasteiger partial charge in [0.2, 0.25) is 0 Å². The van der Waals surface area contributed by atoms with E-state index in [0.717, 1.165) is 16.3 Å². The van der Waals surface area contributed by atoms with E-state index in [2.05, 4.69) is 0 Å². The number of rotatable bonds is 0. The van der Waals surface area contributed by atoms with Crippen LogP contribution in [0.5, 0.6) is 5.75 Å². The summed E-state index contributed by atoms with van der Waals surface area (Å²) in [6.45, 7) is 0.249. The lowest BCUT2D eigenvalue weighted by atomic mass is 10.0. The predicted octanol–water partition coefficient (Wildman–Crippen LogP) is 2.63. The zero-order valence-corrected chi connectivity index (χ0v) is 9.30. The van der Waals surface area contributed by atoms with Crippen LogP contribution in [0.25, 0.3) is 10.8 Å². The van der Waals surface area contributed by atoms with E-state index in [-0.39, 0.29) is 12.4 Å². The molecule has 17 heavy (non-hydrogen) atoms. The summed E-state index contributed by atoms with van der Waals surface area (Å²) in [6.07, 6.45) is -0.396. The smallest absolute Gasteiger partial charge is 0.414 e. The summed E-state index contributed by atoms with van der Waals surface area (Å²) in [7, 11) is 1.63. The Morgan fingerprint density at radius 1 is 1.29 bits per heavy atom. The monoisotopic (exact) mass is 229 g/mol. The van der Waals surface area contributed by atoms with Gasteiger partial charge in [-0.05, 0) is 5.39 Å². The fraction of sp³-hybridized carbons (Fsp3) is 0.154. The molecule has 1 amide bonds. The van der Waals surface area contributed by atoms with Gasteiger partial charge in [-0.2, -0.15) is 0 Å². The maximum Gasteiger partial charge on any atom is 0.414 e. The van der Waals surface area contributed by atoms with Crippen molar-refractivity contribution in [3.63, 3.8) is 0 Å². The Bertz CT molecular complexity index is 621. The third-order valence-electron chi connectivity index (χ3n) is 3.09. The fourth-order valence-corrected chi connectivity index (χ4v) is 2.18. The Kier molecular flexibility index (Phi) is 1.98. The molecule has 0 aromatic heterocycles. The zero-order chi connectivity index (χ0) is 12.0. The van der Waals surface area contributed by atoms with Crippen molar-refractivity contribution in [3.05, 3.63) is 35.9 Å². The van der Waals surface area contributed by atoms with E-state index in [4.69, 9.17) is 4.74 Å². The van der Waals surface area contributed by atoms with Crippen molar-refractivity contribution in [2.75, 3.05) is 11.9 Å². The second kappa shape index (κ2) is 3.38. The molecule has 0 fully saturated rings. The highest BCUT2D eigenvalue weighted by molar-refractivity contribution is 6.00. The Hall–Kier alpha value is -2.23. The minimum atomic E-state index is -0.396. The van der Waals surface area contributed by atoms with Crippen molar-refractivity contribution >= 4 is 22.6 Å². The molecule has 0 radical (unpaired) electrons. The number of phenolic OH excluding ortho intramolecular Hbond substituents is 1. The lowest BCUT2D eigenvalue weighted by molar-refractivity contribution is 0.144. The third-order valence-corrected chi connectivity index (χ3v) is 3.09. The van der Waals surface area contributed by atoms with Crippen LogP contribution in [0.15, 0.2) is 30.3 Å². The van der Waals surface area contributed by atoms with Gasteiger partial charge >= 0.3 is 6.09 Å². The van der Waals surface area contributed by atoms with Crippen molar-refractivity contribution in [3.8, 4) is 5.75 Å². The van der Waals surface area contributed by atoms with Gasteiger partial charge in [-0.3, -0.25) is 4.90 Å². The van der Waals surface area contributed by atoms with Crippen molar-refractivity contribution < 1.29 is 14.6 Å². The van der Waals surface area contributed by atoms with Gasteiger partial charge in [0.05, 0.1) is 5.69 Å². The number of ether oxygens (including phenoxy) is 1. The normalized spacial score (nSPS) is 14.6. The largest absolute Gasteiger partial charge is 0.507 e. The van der Waals surface area contributed by atoms with Gasteiger partial charge in [0.1, 0.15) is 12.4 Å². The number of aromatic hydroxyl groups is 1. The summed E-state index contributed by atoms with van der Waals surface area (Å²) in [4.78, 5) is 12.8. The third kappa shape index (κ3) is 1.34. The SMILES string of the molecule is CN1C(=O)OCc2c1cc(O)c1ccccc21. The number of hydrogen-bond donors (Lipinski definition) is 1. The van der Waals surface area contributed by atoms with Crippen LogP contribution in [0.2, 0.25) is 0 Å². The number of hydrogen-bond acceptors (Lipinski definition) is 3. The van der Waals surface area contributed by atoms with Crippen LogP contribution in [0.4, 0.5) is 10.5 Å². The lowest BCUT2D eigenvalue weighted by Gasteiger charge is -2.26. The van der Waals surface area contributed by atoms with E-state index in [9.17, 15) is 9.90 Å². The van der Waals surface area contributed by atoms with Crippen LogP contribution in [0, 0.1) is 0 Å². The van der Waals surface area contributed by atoms with Crippen LogP contribution in [0.3, 0.4) is 0 Å². The summed E-state index contributed by atoms with van der Waals surface area (Å²) in [5, 5.41) is 11.6. The average molecular weight is 229 g/mol. The average Bonchev–Trinajstić information content (AvgIpc) is 2.35. The molecule has 2 aromatic rings. The molecule has 4 nitrogen and oxygen atoms in total. The Balaban J connectivity index is 2.37. The van der Waals surface area contributed by atoms with Gasteiger partial charge in [0.25, 0.3) is 0 Å². The van der Waals surface area contributed by atoms with Gasteiger partial charge in [-0.15, -0.1) is 0 Å². The molecule has 0 saturated heterocycles. The molecule has 2 aromatic carbocycles. The molecule has 86 valence electrons. The first-order valence-corrected chi connectivity index (χ1v) is 5.32. The first-order chi connectivity index (χ1) is 8.18. The second-order valence-corrected chi connectivity index (χ2v) is 4.05. The molecule has 0 aliphatic carbocycles. The summed E-state index contributed by atoms with van der Waals surface area (Å²) >= 11 is 0. The first kappa shape index (κ1) is 9.96. The number of amides is 1. The van der Waals surface area contributed by atoms with E-state index < -0.39 is 6.09 Å². The highest BCUT2D eigenvalue weighted by Gasteiger charge is 2.25. The van der Waals surface area contributed by atoms with Gasteiger partial charge in [0, 0.05) is 24.1 Å². The molecule has 1 aliphatic heterocycles. The van der Waals surface area contributed by atoms with Crippen LogP contribution >= 0.6 is 0 Å². The summed E-state index contributed by atoms with van der Waals surface area (Å²) in [5.41, 5.74) is 1.64. The van der Waals surface area contributed by atoms with E-state index in [1.807, 2.05) is 24.3 Å². The van der Waals surface area contributed by atoms with Crippen LogP contribution in [-0.2, 0) is 11.3 Å². The van der Waals surface area contributed by atoms with Crippen molar-refractivity contribution in [1.82, 2.24) is 0 Å². The minimum absolute atomic E-state index is 0.181. The van der Waals surface area contributed by atoms with E-state index in [1.165, 1.54) is 4.90 Å². The Morgan fingerprint density at radius 2 is 2.00 bits per heavy atom. The maximum absolute atomic E-state index is 11.4. The van der Waals surface area contributed by atoms with Crippen molar-refractivity contribution in [2.45, 2.75) is 6.61 Å². The summed E-state index contributed by atoms with van der Waals surface area (Å²) < 4.78 is 5.07. The van der Waals surface area contributed by atoms with E-state index >= 15 is 0 Å². The lowest BCUT2D eigenvalue weighted by Crippen LogP contribution is -2.31. The molecular weight excluding hydrogens is 218 g/mol. The molecule has 4 heteroatoms. The highest BCUT2D eigenvalue weighted by atomic mass is 16.6. The standard InChI is InChI=1S/C13H11NO3/c1-14-11-6-12(15)9-5-3-2-4-8(9)10(11)7-17-13(14)16/h2-6,15H,7H2,1H3. The number of cyclic esters (lactones) is 1. The molecule has 0 saturated carbocycles. The van der Waals surface area contributed by atoms with Crippen LogP contribution in [0.1, 0.15) is 5.56 Å². The molecule has 3 rings (SSSR count). The minimum Gasteiger partial charge on any atom is -0.507 e. The number of carbonyl (C=O) groups is 1. The molecule has 1 N–H and O–H groups in total. The molecule has 0 atom stereocenters. The van der Waals surface area contributed by atoms with Gasteiger partial charge in [-0.25, -0.2) is 4.79 Å². The Labute approximate surface area is 98.0 Å². The zero-order valence-electron chi connectivity index (χ0n) is 9.30. The number of fused-ring (bicyclic) bond motifs is 3. The van der Waals surface area contributed by atoms with Crippen molar-refractivity contribution in [1.29, 1.82) is 0 Å². The number of phenols is 1. The Morgan fingerprint density at radius 3 is 2.76 bits per heavy atom. The number of nitrogens with zero attached hydrogens (tertiary/aromatic N) is 1. The van der Waals surface area contributed by atoms with Gasteiger partial charge < -0.3 is 9.84 Å². The maximum atomic E-state index is 11.4. The summed E-state index contributed by atoms with van der Waals surface area (Å²) in [6, 6.07) is 9.14. The van der Waals surface area contributed by atoms with Gasteiger partial charge in [0.15, 0.2) is 0 Å². The molecule has 0 unspecified atom stereocenters. The van der Waals surface area contributed by atoms with Crippen LogP contribution in [-0.4, -0.2) is 18.2 Å². The van der Waals surface area contributed by atoms with Crippen LogP contribution < -0.4 is 4.90 Å². The molecule has 1 heterocycles. The molecule has 0 spiro atoms. The number of benzene rings is 2. The van der Waals surface area contributed by atoms with E-state index in [0.29, 0.717) is 5.69 Å². The predicted molar refractivity (Wildman–Crippen MR) is 64.2 cm³/mol. The first-order valence-electron chi connectivity index (χ1n) is 5.32. The quantitative estimate of drug-likeness (QED) is 0.755.